The lowest BCUT2D eigenvalue weighted by Crippen LogP contribution is -2.11. The number of benzene rings is 1. The minimum Gasteiger partial charge on any atom is -0.453 e. The van der Waals surface area contributed by atoms with E-state index in [9.17, 15) is 4.79 Å². The van der Waals surface area contributed by atoms with E-state index >= 15 is 0 Å². The molecule has 0 N–H and O–H groups in total. The quantitative estimate of drug-likeness (QED) is 0.597. The van der Waals surface area contributed by atoms with Gasteiger partial charge in [-0.05, 0) is 24.3 Å². The van der Waals surface area contributed by atoms with Gasteiger partial charge in [-0.25, -0.2) is 0 Å². The number of Topliss-reactive ketones (excluding diaryl/α,β-unsaturated/α-hetero) is 1. The Bertz CT molecular complexity index is 547. The first kappa shape index (κ1) is 13.1. The van der Waals surface area contributed by atoms with Crippen LogP contribution in [0.4, 0.5) is 0 Å². The molecule has 0 aliphatic heterocycles. The molecule has 0 spiro atoms. The topological polar surface area (TPSA) is 48.7 Å². The predicted octanol–water partition coefficient (Wildman–Crippen LogP) is 2.93. The third-order valence-corrected chi connectivity index (χ3v) is 2.65. The SMILES string of the molecule is COCCOCC(=O)c1cc2cc(Cl)ccc2o1. The average molecular weight is 269 g/mol. The molecule has 1 aromatic heterocycles. The number of hydrogen-bond acceptors (Lipinski definition) is 4. The van der Waals surface area contributed by atoms with Crippen LogP contribution < -0.4 is 0 Å². The minimum atomic E-state index is -0.196. The lowest BCUT2D eigenvalue weighted by Gasteiger charge is -2.00. The third kappa shape index (κ3) is 3.10. The molecular weight excluding hydrogens is 256 g/mol. The highest BCUT2D eigenvalue weighted by molar-refractivity contribution is 6.31. The summed E-state index contributed by atoms with van der Waals surface area (Å²) in [5.74, 6) is 0.0862. The Hall–Kier alpha value is -1.36. The smallest absolute Gasteiger partial charge is 0.223 e. The summed E-state index contributed by atoms with van der Waals surface area (Å²) in [5, 5.41) is 1.42. The van der Waals surface area contributed by atoms with Crippen molar-refractivity contribution in [2.75, 3.05) is 26.9 Å². The van der Waals surface area contributed by atoms with Crippen LogP contribution in [0, 0.1) is 0 Å². The largest absolute Gasteiger partial charge is 0.453 e. The van der Waals surface area contributed by atoms with Crippen molar-refractivity contribution in [1.82, 2.24) is 0 Å². The molecule has 5 heteroatoms. The van der Waals surface area contributed by atoms with E-state index in [4.69, 9.17) is 25.5 Å². The molecule has 0 amide bonds. The molecule has 1 heterocycles. The third-order valence-electron chi connectivity index (χ3n) is 2.42. The Morgan fingerprint density at radius 2 is 2.17 bits per heavy atom. The number of furan rings is 1. The molecule has 2 aromatic rings. The highest BCUT2D eigenvalue weighted by Gasteiger charge is 2.12. The number of rotatable bonds is 6. The van der Waals surface area contributed by atoms with Gasteiger partial charge in [0.1, 0.15) is 12.2 Å². The van der Waals surface area contributed by atoms with Gasteiger partial charge in [-0.15, -0.1) is 0 Å². The van der Waals surface area contributed by atoms with Crippen LogP contribution in [0.15, 0.2) is 28.7 Å². The molecule has 4 nitrogen and oxygen atoms in total. The second kappa shape index (κ2) is 6.00. The number of carbonyl (C=O) groups excluding carboxylic acids is 1. The zero-order valence-corrected chi connectivity index (χ0v) is 10.7. The van der Waals surface area contributed by atoms with Gasteiger partial charge in [-0.3, -0.25) is 4.79 Å². The number of ether oxygens (including phenoxy) is 2. The maximum Gasteiger partial charge on any atom is 0.223 e. The Labute approximate surface area is 109 Å². The number of ketones is 1. The summed E-state index contributed by atoms with van der Waals surface area (Å²) < 4.78 is 15.4. The Morgan fingerprint density at radius 1 is 1.33 bits per heavy atom. The normalized spacial score (nSPS) is 11.0. The maximum absolute atomic E-state index is 11.8. The molecular formula is C13H13ClO4. The number of carbonyl (C=O) groups is 1. The fraction of sp³-hybridized carbons (Fsp3) is 0.308. The van der Waals surface area contributed by atoms with Crippen molar-refractivity contribution in [2.45, 2.75) is 0 Å². The van der Waals surface area contributed by atoms with E-state index < -0.39 is 0 Å². The summed E-state index contributed by atoms with van der Waals surface area (Å²) in [5.41, 5.74) is 0.639. The monoisotopic (exact) mass is 268 g/mol. The van der Waals surface area contributed by atoms with E-state index in [0.717, 1.165) is 5.39 Å². The van der Waals surface area contributed by atoms with Crippen LogP contribution >= 0.6 is 11.6 Å². The van der Waals surface area contributed by atoms with Crippen molar-refractivity contribution in [3.05, 3.63) is 35.0 Å². The van der Waals surface area contributed by atoms with Crippen LogP contribution in [-0.4, -0.2) is 32.7 Å². The zero-order valence-electron chi connectivity index (χ0n) is 9.94. The number of methoxy groups -OCH3 is 1. The van der Waals surface area contributed by atoms with Crippen LogP contribution in [0.25, 0.3) is 11.0 Å². The molecule has 0 radical (unpaired) electrons. The van der Waals surface area contributed by atoms with Crippen LogP contribution in [-0.2, 0) is 9.47 Å². The van der Waals surface area contributed by atoms with Crippen molar-refractivity contribution < 1.29 is 18.7 Å². The fourth-order valence-corrected chi connectivity index (χ4v) is 1.71. The second-order valence-electron chi connectivity index (χ2n) is 3.76. The van der Waals surface area contributed by atoms with Gasteiger partial charge < -0.3 is 13.9 Å². The Balaban J connectivity index is 2.04. The van der Waals surface area contributed by atoms with Gasteiger partial charge in [0.25, 0.3) is 0 Å². The van der Waals surface area contributed by atoms with Crippen LogP contribution in [0.2, 0.25) is 5.02 Å². The standard InChI is InChI=1S/C13H13ClO4/c1-16-4-5-17-8-11(15)13-7-9-6-10(14)2-3-12(9)18-13/h2-3,6-7H,4-5,8H2,1H3. The van der Waals surface area contributed by atoms with Gasteiger partial charge in [-0.2, -0.15) is 0 Å². The van der Waals surface area contributed by atoms with Gasteiger partial charge in [-0.1, -0.05) is 11.6 Å². The Morgan fingerprint density at radius 3 is 2.94 bits per heavy atom. The summed E-state index contributed by atoms with van der Waals surface area (Å²) >= 11 is 5.86. The van der Waals surface area contributed by atoms with E-state index in [1.54, 1.807) is 31.4 Å². The lowest BCUT2D eigenvalue weighted by atomic mass is 10.2. The second-order valence-corrected chi connectivity index (χ2v) is 4.20. The number of hydrogen-bond donors (Lipinski definition) is 0. The summed E-state index contributed by atoms with van der Waals surface area (Å²) in [4.78, 5) is 11.8. The van der Waals surface area contributed by atoms with Gasteiger partial charge in [0.15, 0.2) is 5.76 Å². The van der Waals surface area contributed by atoms with Crippen molar-refractivity contribution in [1.29, 1.82) is 0 Å². The van der Waals surface area contributed by atoms with E-state index in [-0.39, 0.29) is 18.2 Å². The molecule has 0 fully saturated rings. The van der Waals surface area contributed by atoms with Gasteiger partial charge >= 0.3 is 0 Å². The van der Waals surface area contributed by atoms with Gasteiger partial charge in [0.05, 0.1) is 13.2 Å². The molecule has 96 valence electrons. The molecule has 1 aromatic carbocycles. The molecule has 0 aliphatic carbocycles. The van der Waals surface area contributed by atoms with Crippen LogP contribution in [0.1, 0.15) is 10.6 Å². The molecule has 0 aliphatic rings. The molecule has 0 bridgehead atoms. The van der Waals surface area contributed by atoms with Crippen molar-refractivity contribution in [2.24, 2.45) is 0 Å². The molecule has 2 rings (SSSR count). The minimum absolute atomic E-state index is 0.0170. The zero-order chi connectivity index (χ0) is 13.0. The van der Waals surface area contributed by atoms with Crippen molar-refractivity contribution in [3.63, 3.8) is 0 Å². The summed E-state index contributed by atoms with van der Waals surface area (Å²) in [6.07, 6.45) is 0. The average Bonchev–Trinajstić information content (AvgIpc) is 2.77. The summed E-state index contributed by atoms with van der Waals surface area (Å²) in [7, 11) is 1.58. The number of fused-ring (bicyclic) bond motifs is 1. The predicted molar refractivity (Wildman–Crippen MR) is 68.2 cm³/mol. The van der Waals surface area contributed by atoms with E-state index in [0.29, 0.717) is 23.8 Å². The lowest BCUT2D eigenvalue weighted by molar-refractivity contribution is 0.0559. The highest BCUT2D eigenvalue weighted by Crippen LogP contribution is 2.23. The first-order chi connectivity index (χ1) is 8.70. The van der Waals surface area contributed by atoms with Crippen LogP contribution in [0.5, 0.6) is 0 Å². The van der Waals surface area contributed by atoms with Gasteiger partial charge in [0.2, 0.25) is 5.78 Å². The molecule has 0 saturated heterocycles. The molecule has 0 saturated carbocycles. The summed E-state index contributed by atoms with van der Waals surface area (Å²) in [6, 6.07) is 6.88. The molecule has 0 atom stereocenters. The first-order valence-electron chi connectivity index (χ1n) is 5.49. The first-order valence-corrected chi connectivity index (χ1v) is 5.87. The Kier molecular flexibility index (Phi) is 4.36. The van der Waals surface area contributed by atoms with Gasteiger partial charge in [0, 0.05) is 17.5 Å². The molecule has 18 heavy (non-hydrogen) atoms. The van der Waals surface area contributed by atoms with Crippen LogP contribution in [0.3, 0.4) is 0 Å². The highest BCUT2D eigenvalue weighted by atomic mass is 35.5. The maximum atomic E-state index is 11.8. The number of halogens is 1. The van der Waals surface area contributed by atoms with Crippen molar-refractivity contribution in [3.8, 4) is 0 Å². The van der Waals surface area contributed by atoms with E-state index in [1.165, 1.54) is 0 Å². The summed E-state index contributed by atoms with van der Waals surface area (Å²) in [6.45, 7) is 0.828. The van der Waals surface area contributed by atoms with E-state index in [1.807, 2.05) is 0 Å². The molecule has 0 unspecified atom stereocenters. The van der Waals surface area contributed by atoms with Crippen molar-refractivity contribution >= 4 is 28.4 Å². The van der Waals surface area contributed by atoms with E-state index in [2.05, 4.69) is 0 Å². The fourth-order valence-electron chi connectivity index (χ4n) is 1.53.